The monoisotopic (exact) mass is 265 g/mol. The molecule has 1 atom stereocenters. The predicted octanol–water partition coefficient (Wildman–Crippen LogP) is 3.53. The molecule has 0 bridgehead atoms. The minimum atomic E-state index is 0.372. The van der Waals surface area contributed by atoms with Crippen LogP contribution >= 0.6 is 0 Å². The van der Waals surface area contributed by atoms with E-state index in [1.165, 1.54) is 32.1 Å². The second kappa shape index (κ2) is 6.94. The van der Waals surface area contributed by atoms with Crippen molar-refractivity contribution in [3.05, 3.63) is 11.9 Å². The minimum absolute atomic E-state index is 0.372. The quantitative estimate of drug-likeness (QED) is 0.855. The maximum atomic E-state index is 5.33. The Hall–Kier alpha value is -1.03. The normalized spacial score (nSPS) is 18.5. The predicted molar refractivity (Wildman–Crippen MR) is 78.7 cm³/mol. The third-order valence-corrected chi connectivity index (χ3v) is 4.01. The zero-order chi connectivity index (χ0) is 13.7. The molecular formula is C15H27N3O. The molecule has 4 nitrogen and oxygen atoms in total. The van der Waals surface area contributed by atoms with E-state index < -0.39 is 0 Å². The molecule has 1 N–H and O–H groups in total. The van der Waals surface area contributed by atoms with E-state index in [2.05, 4.69) is 34.9 Å². The van der Waals surface area contributed by atoms with Crippen LogP contribution in [0.25, 0.3) is 0 Å². The van der Waals surface area contributed by atoms with E-state index in [-0.39, 0.29) is 0 Å². The first-order chi connectivity index (χ1) is 9.24. The molecule has 108 valence electrons. The first kappa shape index (κ1) is 14.4. The van der Waals surface area contributed by atoms with Crippen molar-refractivity contribution in [1.29, 1.82) is 0 Å². The van der Waals surface area contributed by atoms with Gasteiger partial charge in [-0.25, -0.2) is 4.98 Å². The molecule has 0 aromatic carbocycles. The maximum Gasteiger partial charge on any atom is 0.203 e. The van der Waals surface area contributed by atoms with Gasteiger partial charge in [-0.05, 0) is 26.2 Å². The van der Waals surface area contributed by atoms with E-state index in [9.17, 15) is 0 Å². The summed E-state index contributed by atoms with van der Waals surface area (Å²) in [6.45, 7) is 5.00. The first-order valence-electron chi connectivity index (χ1n) is 7.55. The summed E-state index contributed by atoms with van der Waals surface area (Å²) in [5, 5.41) is 3.64. The molecule has 1 unspecified atom stereocenters. The van der Waals surface area contributed by atoms with Crippen LogP contribution in [-0.2, 0) is 4.74 Å². The summed E-state index contributed by atoms with van der Waals surface area (Å²) in [5.74, 6) is 1.02. The Bertz CT molecular complexity index is 383. The van der Waals surface area contributed by atoms with Crippen molar-refractivity contribution in [3.8, 4) is 0 Å². The largest absolute Gasteiger partial charge is 0.383 e. The van der Waals surface area contributed by atoms with Gasteiger partial charge in [-0.1, -0.05) is 26.2 Å². The summed E-state index contributed by atoms with van der Waals surface area (Å²) in [5.41, 5.74) is 1.08. The number of aryl methyl sites for hydroxylation is 1. The van der Waals surface area contributed by atoms with Gasteiger partial charge in [0.2, 0.25) is 5.95 Å². The van der Waals surface area contributed by atoms with Crippen molar-refractivity contribution in [3.63, 3.8) is 0 Å². The second-order valence-electron chi connectivity index (χ2n) is 5.61. The molecule has 0 aliphatic heterocycles. The fourth-order valence-electron chi connectivity index (χ4n) is 2.92. The zero-order valence-corrected chi connectivity index (χ0v) is 12.5. The zero-order valence-electron chi connectivity index (χ0n) is 12.5. The van der Waals surface area contributed by atoms with Crippen LogP contribution in [0.2, 0.25) is 0 Å². The lowest BCUT2D eigenvalue weighted by atomic mass is 9.96. The van der Waals surface area contributed by atoms with E-state index >= 15 is 0 Å². The van der Waals surface area contributed by atoms with Crippen molar-refractivity contribution in [1.82, 2.24) is 9.55 Å². The maximum absolute atomic E-state index is 5.33. The molecular weight excluding hydrogens is 238 g/mol. The highest BCUT2D eigenvalue weighted by Gasteiger charge is 2.19. The summed E-state index contributed by atoms with van der Waals surface area (Å²) in [6, 6.07) is 0.964. The Balaban J connectivity index is 2.10. The molecule has 1 aliphatic rings. The Morgan fingerprint density at radius 1 is 1.42 bits per heavy atom. The van der Waals surface area contributed by atoms with E-state index in [4.69, 9.17) is 4.74 Å². The molecule has 1 fully saturated rings. The van der Waals surface area contributed by atoms with Crippen LogP contribution in [0.5, 0.6) is 0 Å². The van der Waals surface area contributed by atoms with Gasteiger partial charge in [0, 0.05) is 19.3 Å². The van der Waals surface area contributed by atoms with Crippen molar-refractivity contribution < 1.29 is 4.74 Å². The van der Waals surface area contributed by atoms with Gasteiger partial charge in [0.05, 0.1) is 18.3 Å². The fraction of sp³-hybridized carbons (Fsp3) is 0.800. The molecule has 19 heavy (non-hydrogen) atoms. The SMILES string of the molecule is CCC(COC)n1cc(C)nc1NC1CCCCC1. The van der Waals surface area contributed by atoms with Crippen LogP contribution in [0.1, 0.15) is 57.2 Å². The topological polar surface area (TPSA) is 39.1 Å². The lowest BCUT2D eigenvalue weighted by molar-refractivity contribution is 0.154. The van der Waals surface area contributed by atoms with Crippen LogP contribution in [0.15, 0.2) is 6.20 Å². The molecule has 0 radical (unpaired) electrons. The minimum Gasteiger partial charge on any atom is -0.383 e. The van der Waals surface area contributed by atoms with Crippen LogP contribution < -0.4 is 5.32 Å². The average molecular weight is 265 g/mol. The molecule has 1 saturated carbocycles. The number of methoxy groups -OCH3 is 1. The highest BCUT2D eigenvalue weighted by atomic mass is 16.5. The third kappa shape index (κ3) is 3.72. The Kier molecular flexibility index (Phi) is 5.25. The number of ether oxygens (including phenoxy) is 1. The molecule has 0 amide bonds. The summed E-state index contributed by atoms with van der Waals surface area (Å²) in [7, 11) is 1.76. The molecule has 0 spiro atoms. The third-order valence-electron chi connectivity index (χ3n) is 4.01. The van der Waals surface area contributed by atoms with Gasteiger partial charge in [-0.3, -0.25) is 0 Å². The summed E-state index contributed by atoms with van der Waals surface area (Å²) >= 11 is 0. The molecule has 0 saturated heterocycles. The van der Waals surface area contributed by atoms with E-state index in [0.29, 0.717) is 12.1 Å². The Morgan fingerprint density at radius 3 is 2.79 bits per heavy atom. The number of nitrogens with one attached hydrogen (secondary N) is 1. The van der Waals surface area contributed by atoms with Crippen LogP contribution in [0, 0.1) is 6.92 Å². The standard InChI is InChI=1S/C15H27N3O/c1-4-14(11-19-3)18-10-12(2)16-15(18)17-13-8-6-5-7-9-13/h10,13-14H,4-9,11H2,1-3H3,(H,16,17). The summed E-state index contributed by atoms with van der Waals surface area (Å²) < 4.78 is 7.58. The molecule has 1 aromatic heterocycles. The number of anilines is 1. The summed E-state index contributed by atoms with van der Waals surface area (Å²) in [6.07, 6.45) is 9.80. The number of hydrogen-bond acceptors (Lipinski definition) is 3. The summed E-state index contributed by atoms with van der Waals surface area (Å²) in [4.78, 5) is 4.65. The number of imidazole rings is 1. The fourth-order valence-corrected chi connectivity index (χ4v) is 2.92. The van der Waals surface area contributed by atoms with Gasteiger partial charge in [0.15, 0.2) is 0 Å². The highest BCUT2D eigenvalue weighted by Crippen LogP contribution is 2.24. The van der Waals surface area contributed by atoms with Crippen LogP contribution in [0.4, 0.5) is 5.95 Å². The lowest BCUT2D eigenvalue weighted by Gasteiger charge is -2.25. The van der Waals surface area contributed by atoms with Gasteiger partial charge in [0.25, 0.3) is 0 Å². The van der Waals surface area contributed by atoms with Crippen molar-refractivity contribution in [2.45, 2.75) is 64.5 Å². The smallest absolute Gasteiger partial charge is 0.203 e. The van der Waals surface area contributed by atoms with Crippen molar-refractivity contribution in [2.75, 3.05) is 19.0 Å². The molecule has 1 heterocycles. The average Bonchev–Trinajstić information content (AvgIpc) is 2.78. The van der Waals surface area contributed by atoms with Gasteiger partial charge < -0.3 is 14.6 Å². The number of aromatic nitrogens is 2. The van der Waals surface area contributed by atoms with Gasteiger partial charge >= 0.3 is 0 Å². The van der Waals surface area contributed by atoms with E-state index in [0.717, 1.165) is 24.7 Å². The van der Waals surface area contributed by atoms with Crippen molar-refractivity contribution >= 4 is 5.95 Å². The second-order valence-corrected chi connectivity index (χ2v) is 5.61. The lowest BCUT2D eigenvalue weighted by Crippen LogP contribution is -2.25. The van der Waals surface area contributed by atoms with E-state index in [1.807, 2.05) is 0 Å². The number of rotatable bonds is 6. The van der Waals surface area contributed by atoms with Gasteiger partial charge in [-0.15, -0.1) is 0 Å². The van der Waals surface area contributed by atoms with Crippen LogP contribution in [0.3, 0.4) is 0 Å². The first-order valence-corrected chi connectivity index (χ1v) is 7.55. The van der Waals surface area contributed by atoms with Gasteiger partial charge in [-0.2, -0.15) is 0 Å². The molecule has 4 heteroatoms. The Labute approximate surface area is 116 Å². The molecule has 2 rings (SSSR count). The molecule has 1 aromatic rings. The Morgan fingerprint density at radius 2 is 2.16 bits per heavy atom. The van der Waals surface area contributed by atoms with E-state index in [1.54, 1.807) is 7.11 Å². The highest BCUT2D eigenvalue weighted by molar-refractivity contribution is 5.31. The van der Waals surface area contributed by atoms with Crippen molar-refractivity contribution in [2.24, 2.45) is 0 Å². The number of hydrogen-bond donors (Lipinski definition) is 1. The number of nitrogens with zero attached hydrogens (tertiary/aromatic N) is 2. The van der Waals surface area contributed by atoms with Crippen LogP contribution in [-0.4, -0.2) is 29.3 Å². The van der Waals surface area contributed by atoms with Gasteiger partial charge in [0.1, 0.15) is 0 Å². The molecule has 1 aliphatic carbocycles.